The summed E-state index contributed by atoms with van der Waals surface area (Å²) in [5, 5.41) is 0. The predicted octanol–water partition coefficient (Wildman–Crippen LogP) is 12.7. The molecule has 0 heterocycles. The van der Waals surface area contributed by atoms with Crippen LogP contribution in [0.4, 0.5) is 0 Å². The lowest BCUT2D eigenvalue weighted by Crippen LogP contribution is -2.30. The smallest absolute Gasteiger partial charge is 0.309 e. The van der Waals surface area contributed by atoms with Gasteiger partial charge in [0.05, 0.1) is 6.42 Å². The van der Waals surface area contributed by atoms with Gasteiger partial charge in [0.15, 0.2) is 6.10 Å². The molecule has 0 aliphatic carbocycles. The Morgan fingerprint density at radius 1 is 0.400 bits per heavy atom. The summed E-state index contributed by atoms with van der Waals surface area (Å²) >= 11 is 0. The molecular formula is C49H68O6. The molecule has 55 heavy (non-hydrogen) atoms. The third-order valence-electron chi connectivity index (χ3n) is 7.30. The molecule has 0 bridgehead atoms. The van der Waals surface area contributed by atoms with Crippen molar-refractivity contribution >= 4 is 17.9 Å². The van der Waals surface area contributed by atoms with Gasteiger partial charge in [-0.2, -0.15) is 0 Å². The van der Waals surface area contributed by atoms with Crippen LogP contribution in [0.2, 0.25) is 0 Å². The Balaban J connectivity index is 4.71. The van der Waals surface area contributed by atoms with Gasteiger partial charge < -0.3 is 14.2 Å². The van der Waals surface area contributed by atoms with Crippen LogP contribution < -0.4 is 0 Å². The van der Waals surface area contributed by atoms with E-state index in [1.807, 2.05) is 115 Å². The van der Waals surface area contributed by atoms with Crippen LogP contribution in [-0.4, -0.2) is 37.2 Å². The van der Waals surface area contributed by atoms with E-state index in [2.05, 4.69) is 57.2 Å². The highest BCUT2D eigenvalue weighted by molar-refractivity contribution is 5.72. The minimum Gasteiger partial charge on any atom is -0.462 e. The molecule has 0 aromatic carbocycles. The molecule has 0 aliphatic rings. The number of allylic oxidation sites excluding steroid dienone is 25. The van der Waals surface area contributed by atoms with Crippen molar-refractivity contribution in [1.29, 1.82) is 0 Å². The van der Waals surface area contributed by atoms with E-state index in [1.54, 1.807) is 6.08 Å². The Kier molecular flexibility index (Phi) is 38.0. The van der Waals surface area contributed by atoms with E-state index in [0.717, 1.165) is 51.4 Å². The van der Waals surface area contributed by atoms with Crippen molar-refractivity contribution < 1.29 is 28.6 Å². The van der Waals surface area contributed by atoms with Crippen molar-refractivity contribution in [2.45, 2.75) is 117 Å². The number of esters is 3. The maximum atomic E-state index is 12.6. The van der Waals surface area contributed by atoms with Gasteiger partial charge in [-0.1, -0.05) is 185 Å². The number of rotatable bonds is 32. The minimum absolute atomic E-state index is 0.102. The largest absolute Gasteiger partial charge is 0.462 e. The molecule has 6 nitrogen and oxygen atoms in total. The molecule has 0 N–H and O–H groups in total. The van der Waals surface area contributed by atoms with E-state index in [0.29, 0.717) is 19.3 Å². The van der Waals surface area contributed by atoms with Crippen LogP contribution in [-0.2, 0) is 28.6 Å². The molecule has 300 valence electrons. The van der Waals surface area contributed by atoms with E-state index in [-0.39, 0.29) is 38.4 Å². The Hall–Kier alpha value is -4.97. The van der Waals surface area contributed by atoms with E-state index >= 15 is 0 Å². The summed E-state index contributed by atoms with van der Waals surface area (Å²) < 4.78 is 16.4. The Morgan fingerprint density at radius 2 is 0.818 bits per heavy atom. The van der Waals surface area contributed by atoms with Crippen LogP contribution in [0.15, 0.2) is 158 Å². The maximum absolute atomic E-state index is 12.6. The van der Waals surface area contributed by atoms with Gasteiger partial charge in [0.1, 0.15) is 13.2 Å². The van der Waals surface area contributed by atoms with E-state index in [1.165, 1.54) is 0 Å². The van der Waals surface area contributed by atoms with Crippen LogP contribution in [0.5, 0.6) is 0 Å². The maximum Gasteiger partial charge on any atom is 0.309 e. The monoisotopic (exact) mass is 753 g/mol. The van der Waals surface area contributed by atoms with Gasteiger partial charge in [-0.3, -0.25) is 14.4 Å². The molecule has 1 unspecified atom stereocenters. The Morgan fingerprint density at radius 3 is 1.35 bits per heavy atom. The van der Waals surface area contributed by atoms with Crippen molar-refractivity contribution in [1.82, 2.24) is 0 Å². The van der Waals surface area contributed by atoms with E-state index in [9.17, 15) is 14.4 Å². The number of carbonyl (C=O) groups is 3. The second-order valence-electron chi connectivity index (χ2n) is 12.3. The van der Waals surface area contributed by atoms with Gasteiger partial charge in [0.25, 0.3) is 0 Å². The average molecular weight is 753 g/mol. The highest BCUT2D eigenvalue weighted by atomic mass is 16.6. The lowest BCUT2D eigenvalue weighted by molar-refractivity contribution is -0.166. The van der Waals surface area contributed by atoms with Gasteiger partial charge >= 0.3 is 17.9 Å². The van der Waals surface area contributed by atoms with Crippen molar-refractivity contribution in [3.63, 3.8) is 0 Å². The lowest BCUT2D eigenvalue weighted by atomic mass is 10.1. The summed E-state index contributed by atoms with van der Waals surface area (Å²) in [7, 11) is 0. The molecule has 0 fully saturated rings. The van der Waals surface area contributed by atoms with Gasteiger partial charge in [-0.05, 0) is 64.2 Å². The third-order valence-corrected chi connectivity index (χ3v) is 7.30. The Bertz CT molecular complexity index is 1370. The molecular weight excluding hydrogens is 685 g/mol. The standard InChI is InChI=1S/C49H68O6/c1-4-7-10-13-16-19-21-23-24-26-27-30-33-36-39-42-48(51)54-45-46(44-53-47(50)41-38-35-32-29-18-15-12-9-6-3)55-49(52)43-40-37-34-31-28-25-22-20-17-14-11-8-5-2/h7-14,16-29,31,34-35,38,46H,4-6,15,30,32-33,36-37,39-45H2,1-3H3/b10-7-,11-8-,12-9-,16-13-,17-14-,21-19-,22-20-,24-23-,27-26-,28-25-,29-18-,34-31-,38-35-. The second-order valence-corrected chi connectivity index (χ2v) is 12.3. The summed E-state index contributed by atoms with van der Waals surface area (Å²) in [5.41, 5.74) is 0. The van der Waals surface area contributed by atoms with E-state index < -0.39 is 18.0 Å². The fraction of sp³-hybridized carbons (Fsp3) is 0.408. The fourth-order valence-corrected chi connectivity index (χ4v) is 4.37. The molecule has 0 amide bonds. The number of ether oxygens (including phenoxy) is 3. The summed E-state index contributed by atoms with van der Waals surface area (Å²) in [6.07, 6.45) is 61.2. The van der Waals surface area contributed by atoms with Crippen LogP contribution in [0.1, 0.15) is 111 Å². The first-order chi connectivity index (χ1) is 27.0. The molecule has 0 saturated heterocycles. The van der Waals surface area contributed by atoms with Crippen LogP contribution in [0, 0.1) is 0 Å². The molecule has 0 spiro atoms. The number of hydrogen-bond donors (Lipinski definition) is 0. The molecule has 0 aromatic heterocycles. The molecule has 1 atom stereocenters. The third kappa shape index (κ3) is 40.1. The topological polar surface area (TPSA) is 78.9 Å². The highest BCUT2D eigenvalue weighted by Gasteiger charge is 2.19. The number of carbonyl (C=O) groups excluding carboxylic acids is 3. The predicted molar refractivity (Wildman–Crippen MR) is 232 cm³/mol. The summed E-state index contributed by atoms with van der Waals surface area (Å²) in [4.78, 5) is 37.5. The molecule has 0 radical (unpaired) electrons. The van der Waals surface area contributed by atoms with Crippen molar-refractivity contribution in [3.05, 3.63) is 158 Å². The lowest BCUT2D eigenvalue weighted by Gasteiger charge is -2.18. The summed E-state index contributed by atoms with van der Waals surface area (Å²) in [6.45, 7) is 5.96. The zero-order valence-corrected chi connectivity index (χ0v) is 33.9. The number of unbranched alkanes of at least 4 members (excludes halogenated alkanes) is 4. The molecule has 0 aromatic rings. The van der Waals surface area contributed by atoms with E-state index in [4.69, 9.17) is 14.2 Å². The summed E-state index contributed by atoms with van der Waals surface area (Å²) in [6, 6.07) is 0. The number of hydrogen-bond acceptors (Lipinski definition) is 6. The van der Waals surface area contributed by atoms with Crippen LogP contribution in [0.25, 0.3) is 0 Å². The first kappa shape index (κ1) is 50.0. The molecule has 0 saturated carbocycles. The van der Waals surface area contributed by atoms with Gasteiger partial charge in [-0.15, -0.1) is 0 Å². The van der Waals surface area contributed by atoms with Gasteiger partial charge in [-0.25, -0.2) is 0 Å². The first-order valence-corrected chi connectivity index (χ1v) is 20.1. The highest BCUT2D eigenvalue weighted by Crippen LogP contribution is 2.08. The first-order valence-electron chi connectivity index (χ1n) is 20.1. The minimum atomic E-state index is -0.873. The van der Waals surface area contributed by atoms with Crippen molar-refractivity contribution in [2.75, 3.05) is 13.2 Å². The normalized spacial score (nSPS) is 13.7. The van der Waals surface area contributed by atoms with Gasteiger partial charge in [0, 0.05) is 12.8 Å². The van der Waals surface area contributed by atoms with Crippen LogP contribution >= 0.6 is 0 Å². The van der Waals surface area contributed by atoms with Gasteiger partial charge in [0.2, 0.25) is 0 Å². The molecule has 0 aliphatic heterocycles. The molecule has 0 rings (SSSR count). The average Bonchev–Trinajstić information content (AvgIpc) is 3.18. The summed E-state index contributed by atoms with van der Waals surface area (Å²) in [5.74, 6) is -1.23. The quantitative estimate of drug-likeness (QED) is 0.0224. The fourth-order valence-electron chi connectivity index (χ4n) is 4.37. The Labute approximate surface area is 333 Å². The van der Waals surface area contributed by atoms with Crippen LogP contribution in [0.3, 0.4) is 0 Å². The molecule has 6 heteroatoms. The zero-order valence-electron chi connectivity index (χ0n) is 33.9. The van der Waals surface area contributed by atoms with Crippen molar-refractivity contribution in [3.8, 4) is 0 Å². The second kappa shape index (κ2) is 41.8. The SMILES string of the molecule is CC\C=C/C=C\C=C/C=C\C=C/CCCCCC(=O)OCC(COC(=O)C/C=C\C/C=C\C/C=C\CC)OC(=O)CCC\C=C/C=C\C=C/C=C\C=C/CC. The zero-order chi connectivity index (χ0) is 40.1. The van der Waals surface area contributed by atoms with Crippen molar-refractivity contribution in [2.24, 2.45) is 0 Å².